The first-order valence-electron chi connectivity index (χ1n) is 10.2. The highest BCUT2D eigenvalue weighted by Crippen LogP contribution is 2.21. The molecule has 0 saturated carbocycles. The molecule has 0 aliphatic carbocycles. The summed E-state index contributed by atoms with van der Waals surface area (Å²) in [6.45, 7) is 7.80. The van der Waals surface area contributed by atoms with E-state index in [9.17, 15) is 36.0 Å². The van der Waals surface area contributed by atoms with Gasteiger partial charge in [0.25, 0.3) is 0 Å². The van der Waals surface area contributed by atoms with Crippen LogP contribution in [0.15, 0.2) is 24.3 Å². The van der Waals surface area contributed by atoms with Crippen LogP contribution in [0.2, 0.25) is 0 Å². The van der Waals surface area contributed by atoms with E-state index in [0.29, 0.717) is 0 Å². The van der Waals surface area contributed by atoms with Crippen molar-refractivity contribution in [2.45, 2.75) is 71.2 Å². The largest absolute Gasteiger partial charge is 0.471 e. The topological polar surface area (TPSA) is 107 Å². The summed E-state index contributed by atoms with van der Waals surface area (Å²) in [6.07, 6.45) is -5.23. The van der Waals surface area contributed by atoms with E-state index in [1.54, 1.807) is 20.8 Å². The van der Waals surface area contributed by atoms with Gasteiger partial charge in [0.05, 0.1) is 5.75 Å². The minimum atomic E-state index is -5.23. The van der Waals surface area contributed by atoms with Crippen molar-refractivity contribution in [2.75, 3.05) is 12.3 Å². The second-order valence-corrected chi connectivity index (χ2v) is 11.7. The summed E-state index contributed by atoms with van der Waals surface area (Å²) in [5.41, 5.74) is -1.48. The molecule has 1 aromatic carbocycles. The molecule has 0 aliphatic heterocycles. The molecular formula is C22H30F3NO7S. The van der Waals surface area contributed by atoms with Crippen LogP contribution in [0.1, 0.15) is 52.7 Å². The van der Waals surface area contributed by atoms with Crippen LogP contribution < -0.4 is 0 Å². The molecule has 12 heteroatoms. The highest BCUT2D eigenvalue weighted by molar-refractivity contribution is 7.91. The van der Waals surface area contributed by atoms with E-state index in [1.807, 2.05) is 0 Å². The monoisotopic (exact) mass is 509 g/mol. The molecule has 0 fully saturated rings. The maximum absolute atomic E-state index is 13.1. The van der Waals surface area contributed by atoms with E-state index in [0.717, 1.165) is 0 Å². The molecule has 0 unspecified atom stereocenters. The number of rotatable bonds is 8. The number of esters is 2. The predicted molar refractivity (Wildman–Crippen MR) is 117 cm³/mol. The molecule has 0 atom stereocenters. The molecule has 0 N–H and O–H groups in total. The summed E-state index contributed by atoms with van der Waals surface area (Å²) in [5.74, 6) is -5.63. The van der Waals surface area contributed by atoms with E-state index in [1.165, 1.54) is 45.0 Å². The summed E-state index contributed by atoms with van der Waals surface area (Å²) in [5, 5.41) is 0. The van der Waals surface area contributed by atoms with Crippen molar-refractivity contribution in [1.29, 1.82) is 0 Å². The van der Waals surface area contributed by atoms with E-state index in [4.69, 9.17) is 9.47 Å². The number of amides is 1. The maximum Gasteiger partial charge on any atom is 0.471 e. The normalized spacial score (nSPS) is 12.7. The SMILES string of the molecule is CC(C)(C)OC(=O)CN(Cc1cccc(CS(=O)(=O)CC(=O)OC(C)(C)C)c1)C(=O)C(F)(F)F. The molecule has 1 rings (SSSR count). The van der Waals surface area contributed by atoms with Crippen molar-refractivity contribution in [1.82, 2.24) is 4.90 Å². The van der Waals surface area contributed by atoms with Crippen LogP contribution in [0.3, 0.4) is 0 Å². The average Bonchev–Trinajstić information content (AvgIpc) is 2.55. The number of halogens is 3. The molecule has 0 aliphatic rings. The molecular weight excluding hydrogens is 479 g/mol. The van der Waals surface area contributed by atoms with Crippen LogP contribution in [-0.4, -0.2) is 60.8 Å². The molecule has 0 bridgehead atoms. The summed E-state index contributed by atoms with van der Waals surface area (Å²) in [4.78, 5) is 36.0. The molecule has 1 aromatic rings. The Balaban J connectivity index is 3.04. The van der Waals surface area contributed by atoms with Crippen molar-refractivity contribution < 1.29 is 45.4 Å². The van der Waals surface area contributed by atoms with Crippen LogP contribution in [0, 0.1) is 0 Å². The van der Waals surface area contributed by atoms with Crippen molar-refractivity contribution in [3.8, 4) is 0 Å². The minimum Gasteiger partial charge on any atom is -0.459 e. The Kier molecular flexibility index (Phi) is 9.29. The number of alkyl halides is 3. The Morgan fingerprint density at radius 1 is 0.882 bits per heavy atom. The lowest BCUT2D eigenvalue weighted by molar-refractivity contribution is -0.188. The van der Waals surface area contributed by atoms with Crippen molar-refractivity contribution in [3.63, 3.8) is 0 Å². The number of nitrogens with zero attached hydrogens (tertiary/aromatic N) is 1. The third-order valence-electron chi connectivity index (χ3n) is 3.78. The predicted octanol–water partition coefficient (Wildman–Crippen LogP) is 3.18. The van der Waals surface area contributed by atoms with E-state index in [2.05, 4.69) is 0 Å². The zero-order valence-electron chi connectivity index (χ0n) is 20.0. The molecule has 0 saturated heterocycles. The van der Waals surface area contributed by atoms with Crippen LogP contribution in [-0.2, 0) is 46.0 Å². The van der Waals surface area contributed by atoms with Gasteiger partial charge in [-0.15, -0.1) is 0 Å². The van der Waals surface area contributed by atoms with Gasteiger partial charge in [-0.25, -0.2) is 8.42 Å². The van der Waals surface area contributed by atoms with Gasteiger partial charge in [0.2, 0.25) is 0 Å². The van der Waals surface area contributed by atoms with Crippen LogP contribution in [0.4, 0.5) is 13.2 Å². The Bertz CT molecular complexity index is 1010. The summed E-state index contributed by atoms with van der Waals surface area (Å²) in [7, 11) is -3.94. The van der Waals surface area contributed by atoms with Gasteiger partial charge in [-0.3, -0.25) is 14.4 Å². The zero-order chi connectivity index (χ0) is 26.5. The van der Waals surface area contributed by atoms with Crippen molar-refractivity contribution >= 4 is 27.7 Å². The summed E-state index contributed by atoms with van der Waals surface area (Å²) < 4.78 is 73.9. The Morgan fingerprint density at radius 2 is 1.38 bits per heavy atom. The first-order valence-corrected chi connectivity index (χ1v) is 12.1. The standard InChI is InChI=1S/C22H30F3NO7S/c1-20(2,3)32-17(27)12-26(19(29)22(23,24)25)11-15-8-7-9-16(10-15)13-34(30,31)14-18(28)33-21(4,5)6/h7-10H,11-14H2,1-6H3. The molecule has 8 nitrogen and oxygen atoms in total. The number of carbonyl (C=O) groups excluding carboxylic acids is 3. The second-order valence-electron chi connectivity index (χ2n) is 9.68. The maximum atomic E-state index is 13.1. The third kappa shape index (κ3) is 11.5. The highest BCUT2D eigenvalue weighted by atomic mass is 32.2. The lowest BCUT2D eigenvalue weighted by Crippen LogP contribution is -2.44. The lowest BCUT2D eigenvalue weighted by Gasteiger charge is -2.26. The van der Waals surface area contributed by atoms with E-state index < -0.39 is 69.7 Å². The average molecular weight is 510 g/mol. The van der Waals surface area contributed by atoms with Gasteiger partial charge in [-0.2, -0.15) is 13.2 Å². The van der Waals surface area contributed by atoms with Gasteiger partial charge < -0.3 is 14.4 Å². The van der Waals surface area contributed by atoms with Gasteiger partial charge >= 0.3 is 24.0 Å². The molecule has 192 valence electrons. The first kappa shape index (κ1) is 29.4. The second kappa shape index (κ2) is 10.7. The molecule has 1 amide bonds. The lowest BCUT2D eigenvalue weighted by atomic mass is 10.1. The Labute approximate surface area is 197 Å². The first-order chi connectivity index (χ1) is 15.2. The number of benzene rings is 1. The van der Waals surface area contributed by atoms with Gasteiger partial charge in [0.15, 0.2) is 9.84 Å². The van der Waals surface area contributed by atoms with Crippen LogP contribution >= 0.6 is 0 Å². The Hall–Kier alpha value is -2.63. The van der Waals surface area contributed by atoms with Gasteiger partial charge in [0, 0.05) is 6.54 Å². The number of sulfone groups is 1. The number of hydrogen-bond donors (Lipinski definition) is 0. The van der Waals surface area contributed by atoms with Crippen molar-refractivity contribution in [3.05, 3.63) is 35.4 Å². The van der Waals surface area contributed by atoms with E-state index >= 15 is 0 Å². The minimum absolute atomic E-state index is 0.158. The molecule has 0 heterocycles. The fraction of sp³-hybridized carbons (Fsp3) is 0.591. The molecule has 0 radical (unpaired) electrons. The van der Waals surface area contributed by atoms with E-state index in [-0.39, 0.29) is 16.0 Å². The number of ether oxygens (including phenoxy) is 2. The molecule has 34 heavy (non-hydrogen) atoms. The molecule has 0 aromatic heterocycles. The smallest absolute Gasteiger partial charge is 0.459 e. The van der Waals surface area contributed by atoms with Crippen molar-refractivity contribution in [2.24, 2.45) is 0 Å². The Morgan fingerprint density at radius 3 is 1.88 bits per heavy atom. The quantitative estimate of drug-likeness (QED) is 0.496. The molecule has 0 spiro atoms. The fourth-order valence-corrected chi connectivity index (χ4v) is 4.01. The van der Waals surface area contributed by atoms with Crippen LogP contribution in [0.25, 0.3) is 0 Å². The highest BCUT2D eigenvalue weighted by Gasteiger charge is 2.43. The summed E-state index contributed by atoms with van der Waals surface area (Å²) in [6, 6.07) is 5.49. The van der Waals surface area contributed by atoms with Gasteiger partial charge in [-0.05, 0) is 52.7 Å². The number of carbonyl (C=O) groups is 3. The van der Waals surface area contributed by atoms with Gasteiger partial charge in [-0.1, -0.05) is 24.3 Å². The fourth-order valence-electron chi connectivity index (χ4n) is 2.80. The van der Waals surface area contributed by atoms with Crippen LogP contribution in [0.5, 0.6) is 0 Å². The van der Waals surface area contributed by atoms with Gasteiger partial charge in [0.1, 0.15) is 23.5 Å². The number of hydrogen-bond acceptors (Lipinski definition) is 7. The third-order valence-corrected chi connectivity index (χ3v) is 5.23. The zero-order valence-corrected chi connectivity index (χ0v) is 20.8. The summed E-state index contributed by atoms with van der Waals surface area (Å²) >= 11 is 0.